The third-order valence-electron chi connectivity index (χ3n) is 3.46. The smallest absolute Gasteiger partial charge is 0.272 e. The largest absolute Gasteiger partial charge is 0.489 e. The van der Waals surface area contributed by atoms with Gasteiger partial charge < -0.3 is 9.47 Å². The van der Waals surface area contributed by atoms with Crippen LogP contribution in [0.2, 0.25) is 5.02 Å². The summed E-state index contributed by atoms with van der Waals surface area (Å²) >= 11 is 6.25. The molecule has 0 radical (unpaired) electrons. The second kappa shape index (κ2) is 6.84. The molecule has 0 unspecified atom stereocenters. The van der Waals surface area contributed by atoms with E-state index in [1.165, 1.54) is 12.3 Å². The maximum atomic E-state index is 11.2. The van der Waals surface area contributed by atoms with Crippen molar-refractivity contribution in [3.8, 4) is 11.5 Å². The first-order valence-corrected chi connectivity index (χ1v) is 9.22. The molecule has 4 N–H and O–H groups in total. The number of aromatic amines is 1. The zero-order valence-electron chi connectivity index (χ0n) is 12.7. The quantitative estimate of drug-likeness (QED) is 0.850. The van der Waals surface area contributed by atoms with Gasteiger partial charge in [-0.15, -0.1) is 0 Å². The first-order chi connectivity index (χ1) is 11.4. The van der Waals surface area contributed by atoms with Gasteiger partial charge >= 0.3 is 0 Å². The van der Waals surface area contributed by atoms with E-state index in [1.54, 1.807) is 12.1 Å². The fraction of sp³-hybridized carbons (Fsp3) is 0.267. The van der Waals surface area contributed by atoms with Gasteiger partial charge in [0.15, 0.2) is 11.5 Å². The van der Waals surface area contributed by atoms with Crippen LogP contribution in [0.5, 0.6) is 11.5 Å². The molecule has 3 rings (SSSR count). The number of anilines is 1. The molecule has 1 aliphatic rings. The van der Waals surface area contributed by atoms with E-state index in [4.69, 9.17) is 26.2 Å². The van der Waals surface area contributed by atoms with E-state index in [2.05, 4.69) is 10.3 Å². The van der Waals surface area contributed by atoms with Crippen LogP contribution in [-0.2, 0) is 16.6 Å². The molecule has 0 bridgehead atoms. The Balaban J connectivity index is 1.73. The topological polar surface area (TPSA) is 105 Å². The molecular formula is C15H17ClN3O4S+. The summed E-state index contributed by atoms with van der Waals surface area (Å²) < 4.78 is 33.7. The number of benzene rings is 1. The predicted molar refractivity (Wildman–Crippen MR) is 88.8 cm³/mol. The number of H-pyrrole nitrogens is 1. The number of hydrogen-bond acceptors (Lipinski definition) is 5. The monoisotopic (exact) mass is 370 g/mol. The van der Waals surface area contributed by atoms with E-state index in [0.29, 0.717) is 42.1 Å². The minimum absolute atomic E-state index is 0.0201. The Labute approximate surface area is 144 Å². The number of rotatable bonds is 4. The van der Waals surface area contributed by atoms with E-state index in [-0.39, 0.29) is 4.90 Å². The zero-order valence-corrected chi connectivity index (χ0v) is 14.3. The van der Waals surface area contributed by atoms with Gasteiger partial charge in [0.05, 0.1) is 18.2 Å². The standard InChI is InChI=1S/C15H16ClN3O4S/c16-12-6-10(7-13-15(12)23-5-1-4-22-13)8-18-14-3-2-11(9-19-14)24(17,20)21/h2-3,6-7,9H,1,4-5,8H2,(H,18,19)(H2,17,20,21)/p+1. The summed E-state index contributed by atoms with van der Waals surface area (Å²) in [5.74, 6) is 1.85. The molecule has 2 heterocycles. The first-order valence-electron chi connectivity index (χ1n) is 7.30. The van der Waals surface area contributed by atoms with Crippen molar-refractivity contribution in [2.24, 2.45) is 5.14 Å². The summed E-state index contributed by atoms with van der Waals surface area (Å²) in [6.07, 6.45) is 2.14. The average Bonchev–Trinajstić information content (AvgIpc) is 2.78. The fourth-order valence-electron chi connectivity index (χ4n) is 2.28. The Bertz CT molecular complexity index is 841. The molecular weight excluding hydrogens is 354 g/mol. The maximum Gasteiger partial charge on any atom is 0.272 e. The summed E-state index contributed by atoms with van der Waals surface area (Å²) in [5.41, 5.74) is 0.910. The molecule has 0 saturated heterocycles. The minimum Gasteiger partial charge on any atom is -0.489 e. The number of halogens is 1. The molecule has 1 aliphatic heterocycles. The molecule has 1 aromatic heterocycles. The van der Waals surface area contributed by atoms with Crippen LogP contribution in [-0.4, -0.2) is 21.6 Å². The summed E-state index contributed by atoms with van der Waals surface area (Å²) in [6, 6.07) is 6.71. The van der Waals surface area contributed by atoms with Crippen molar-refractivity contribution in [3.63, 3.8) is 0 Å². The number of ether oxygens (including phenoxy) is 2. The molecule has 0 amide bonds. The van der Waals surface area contributed by atoms with Crippen LogP contribution in [0.15, 0.2) is 35.4 Å². The number of nitrogens with one attached hydrogen (secondary N) is 2. The molecule has 0 saturated carbocycles. The van der Waals surface area contributed by atoms with Gasteiger partial charge in [-0.25, -0.2) is 18.5 Å². The lowest BCUT2D eigenvalue weighted by Crippen LogP contribution is -2.18. The number of fused-ring (bicyclic) bond motifs is 1. The maximum absolute atomic E-state index is 11.2. The highest BCUT2D eigenvalue weighted by atomic mass is 35.5. The van der Waals surface area contributed by atoms with E-state index in [1.807, 2.05) is 6.07 Å². The highest BCUT2D eigenvalue weighted by molar-refractivity contribution is 7.89. The molecule has 9 heteroatoms. The van der Waals surface area contributed by atoms with Crippen LogP contribution in [0, 0.1) is 0 Å². The lowest BCUT2D eigenvalue weighted by molar-refractivity contribution is -0.364. The van der Waals surface area contributed by atoms with E-state index >= 15 is 0 Å². The van der Waals surface area contributed by atoms with Crippen molar-refractivity contribution in [2.45, 2.75) is 17.9 Å². The number of sulfonamides is 1. The normalized spacial score (nSPS) is 14.1. The lowest BCUT2D eigenvalue weighted by atomic mass is 10.2. The lowest BCUT2D eigenvalue weighted by Gasteiger charge is -2.11. The van der Waals surface area contributed by atoms with Crippen LogP contribution >= 0.6 is 11.6 Å². The van der Waals surface area contributed by atoms with E-state index in [9.17, 15) is 8.42 Å². The molecule has 1 aromatic carbocycles. The van der Waals surface area contributed by atoms with Gasteiger partial charge in [-0.2, -0.15) is 0 Å². The number of pyridine rings is 1. The van der Waals surface area contributed by atoms with Gasteiger partial charge in [-0.3, -0.25) is 5.32 Å². The Morgan fingerprint density at radius 2 is 2.04 bits per heavy atom. The average molecular weight is 371 g/mol. The van der Waals surface area contributed by atoms with Crippen molar-refractivity contribution in [3.05, 3.63) is 41.0 Å². The van der Waals surface area contributed by atoms with Crippen molar-refractivity contribution < 1.29 is 22.9 Å². The summed E-state index contributed by atoms with van der Waals surface area (Å²) in [5, 5.41) is 8.70. The van der Waals surface area contributed by atoms with Crippen LogP contribution in [0.3, 0.4) is 0 Å². The molecule has 0 aliphatic carbocycles. The van der Waals surface area contributed by atoms with Crippen LogP contribution in [0.25, 0.3) is 0 Å². The number of aromatic nitrogens is 1. The van der Waals surface area contributed by atoms with Crippen molar-refractivity contribution in [1.29, 1.82) is 0 Å². The Kier molecular flexibility index (Phi) is 4.79. The highest BCUT2D eigenvalue weighted by Gasteiger charge is 2.16. The predicted octanol–water partition coefficient (Wildman–Crippen LogP) is 1.57. The zero-order chi connectivity index (χ0) is 17.2. The molecule has 128 valence electrons. The van der Waals surface area contributed by atoms with Gasteiger partial charge in [0.25, 0.3) is 5.82 Å². The molecule has 0 atom stereocenters. The van der Waals surface area contributed by atoms with Crippen LogP contribution < -0.4 is 24.9 Å². The van der Waals surface area contributed by atoms with Gasteiger partial charge in [0, 0.05) is 12.5 Å². The van der Waals surface area contributed by atoms with Crippen LogP contribution in [0.1, 0.15) is 12.0 Å². The molecule has 0 spiro atoms. The Morgan fingerprint density at radius 1 is 1.25 bits per heavy atom. The third-order valence-corrected chi connectivity index (χ3v) is 4.65. The van der Waals surface area contributed by atoms with Crippen molar-refractivity contribution in [2.75, 3.05) is 18.5 Å². The first kappa shape index (κ1) is 16.8. The van der Waals surface area contributed by atoms with Crippen molar-refractivity contribution >= 4 is 27.4 Å². The second-order valence-electron chi connectivity index (χ2n) is 5.29. The third kappa shape index (κ3) is 3.89. The molecule has 0 fully saturated rings. The van der Waals surface area contributed by atoms with Crippen molar-refractivity contribution in [1.82, 2.24) is 0 Å². The highest BCUT2D eigenvalue weighted by Crippen LogP contribution is 2.38. The Hall–Kier alpha value is -2.03. The van der Waals surface area contributed by atoms with Gasteiger partial charge in [-0.05, 0) is 23.8 Å². The van der Waals surface area contributed by atoms with E-state index < -0.39 is 10.0 Å². The summed E-state index contributed by atoms with van der Waals surface area (Å²) in [4.78, 5) is 2.86. The summed E-state index contributed by atoms with van der Waals surface area (Å²) in [7, 11) is -3.71. The molecule has 7 nitrogen and oxygen atoms in total. The van der Waals surface area contributed by atoms with Gasteiger partial charge in [0.2, 0.25) is 10.0 Å². The Morgan fingerprint density at radius 3 is 2.75 bits per heavy atom. The van der Waals surface area contributed by atoms with Gasteiger partial charge in [-0.1, -0.05) is 11.6 Å². The number of nitrogens with two attached hydrogens (primary N) is 1. The molecule has 2 aromatic rings. The van der Waals surface area contributed by atoms with Crippen LogP contribution in [0.4, 0.5) is 5.82 Å². The summed E-state index contributed by atoms with van der Waals surface area (Å²) in [6.45, 7) is 1.64. The van der Waals surface area contributed by atoms with Gasteiger partial charge in [0.1, 0.15) is 17.6 Å². The number of primary sulfonamides is 1. The SMILES string of the molecule is NS(=O)(=O)c1ccc(NCc2cc(Cl)c3c(c2)OCCCO3)[nH+]c1. The second-order valence-corrected chi connectivity index (χ2v) is 7.26. The minimum atomic E-state index is -3.71. The van der Waals surface area contributed by atoms with E-state index in [0.717, 1.165) is 12.0 Å². The number of hydrogen-bond donors (Lipinski definition) is 2. The fourth-order valence-corrected chi connectivity index (χ4v) is 3.05. The molecule has 24 heavy (non-hydrogen) atoms.